The van der Waals surface area contributed by atoms with Crippen LogP contribution in [-0.2, 0) is 10.2 Å². The molecule has 0 saturated carbocycles. The summed E-state index contributed by atoms with van der Waals surface area (Å²) in [5, 5.41) is 1.96. The Kier molecular flexibility index (Phi) is 7.11. The van der Waals surface area contributed by atoms with Crippen LogP contribution in [0.15, 0.2) is 72.8 Å². The number of halogens is 3. The van der Waals surface area contributed by atoms with Gasteiger partial charge in [-0.1, -0.05) is 71.2 Å². The molecule has 1 fully saturated rings. The standard InChI is InChI=1S/C26H25Cl3N2O/c1-30-14-16-31(17-15-30)25(32)18-26(19-2-8-22(27)9-3-19,20-4-10-23(28)11-5-20)21-6-12-24(29)13-7-21/h2-13H,14-18H2,1H3. The van der Waals surface area contributed by atoms with Gasteiger partial charge in [0.2, 0.25) is 5.91 Å². The fourth-order valence-corrected chi connectivity index (χ4v) is 4.78. The van der Waals surface area contributed by atoms with Crippen LogP contribution in [0.3, 0.4) is 0 Å². The van der Waals surface area contributed by atoms with Gasteiger partial charge in [-0.25, -0.2) is 0 Å². The molecule has 3 aromatic carbocycles. The molecular formula is C26H25Cl3N2O. The first-order valence-corrected chi connectivity index (χ1v) is 11.8. The fraction of sp³-hybridized carbons (Fsp3) is 0.269. The van der Waals surface area contributed by atoms with Crippen molar-refractivity contribution in [1.82, 2.24) is 9.80 Å². The van der Waals surface area contributed by atoms with Crippen molar-refractivity contribution in [2.45, 2.75) is 11.8 Å². The molecule has 4 rings (SSSR count). The van der Waals surface area contributed by atoms with E-state index in [4.69, 9.17) is 34.8 Å². The van der Waals surface area contributed by atoms with Gasteiger partial charge in [-0.2, -0.15) is 0 Å². The minimum atomic E-state index is -0.708. The summed E-state index contributed by atoms with van der Waals surface area (Å²) in [6.07, 6.45) is 0.293. The summed E-state index contributed by atoms with van der Waals surface area (Å²) in [5.74, 6) is 0.123. The highest BCUT2D eigenvalue weighted by atomic mass is 35.5. The second kappa shape index (κ2) is 9.84. The number of hydrogen-bond donors (Lipinski definition) is 0. The van der Waals surface area contributed by atoms with E-state index in [1.54, 1.807) is 0 Å². The molecule has 0 bridgehead atoms. The highest BCUT2D eigenvalue weighted by Crippen LogP contribution is 2.43. The zero-order valence-corrected chi connectivity index (χ0v) is 20.2. The van der Waals surface area contributed by atoms with E-state index in [2.05, 4.69) is 11.9 Å². The number of carbonyl (C=O) groups excluding carboxylic acids is 1. The lowest BCUT2D eigenvalue weighted by Crippen LogP contribution is -2.49. The van der Waals surface area contributed by atoms with Gasteiger partial charge in [0.15, 0.2) is 0 Å². The van der Waals surface area contributed by atoms with Gasteiger partial charge in [0.1, 0.15) is 0 Å². The number of carbonyl (C=O) groups is 1. The summed E-state index contributed by atoms with van der Waals surface area (Å²) < 4.78 is 0. The van der Waals surface area contributed by atoms with E-state index in [1.807, 2.05) is 77.7 Å². The molecule has 1 aliphatic rings. The van der Waals surface area contributed by atoms with Crippen LogP contribution in [0.2, 0.25) is 15.1 Å². The summed E-state index contributed by atoms with van der Waals surface area (Å²) in [5.41, 5.74) is 2.28. The topological polar surface area (TPSA) is 23.6 Å². The Morgan fingerprint density at radius 3 is 1.38 bits per heavy atom. The highest BCUT2D eigenvalue weighted by Gasteiger charge is 2.40. The molecule has 1 aliphatic heterocycles. The quantitative estimate of drug-likeness (QED) is 0.403. The van der Waals surface area contributed by atoms with Crippen LogP contribution in [0.1, 0.15) is 23.1 Å². The molecule has 0 atom stereocenters. The van der Waals surface area contributed by atoms with Gasteiger partial charge in [-0.3, -0.25) is 4.79 Å². The molecule has 1 saturated heterocycles. The van der Waals surface area contributed by atoms with E-state index >= 15 is 0 Å². The van der Waals surface area contributed by atoms with E-state index in [-0.39, 0.29) is 5.91 Å². The van der Waals surface area contributed by atoms with Gasteiger partial charge < -0.3 is 9.80 Å². The summed E-state index contributed by atoms with van der Waals surface area (Å²) in [4.78, 5) is 17.9. The number of piperazine rings is 1. The molecule has 0 spiro atoms. The van der Waals surface area contributed by atoms with Crippen LogP contribution in [0, 0.1) is 0 Å². The molecule has 0 aliphatic carbocycles. The lowest BCUT2D eigenvalue weighted by atomic mass is 9.67. The number of rotatable bonds is 5. The third kappa shape index (κ3) is 4.82. The van der Waals surface area contributed by atoms with Crippen LogP contribution in [-0.4, -0.2) is 48.9 Å². The Morgan fingerprint density at radius 2 is 1.03 bits per heavy atom. The van der Waals surface area contributed by atoms with Gasteiger partial charge >= 0.3 is 0 Å². The maximum absolute atomic E-state index is 13.7. The van der Waals surface area contributed by atoms with Crippen LogP contribution in [0.25, 0.3) is 0 Å². The van der Waals surface area contributed by atoms with Crippen LogP contribution < -0.4 is 0 Å². The average molecular weight is 488 g/mol. The molecule has 166 valence electrons. The normalized spacial score (nSPS) is 15.1. The number of likely N-dealkylation sites (N-methyl/N-ethyl adjacent to an activating group) is 1. The third-order valence-electron chi connectivity index (χ3n) is 6.28. The minimum absolute atomic E-state index is 0.123. The van der Waals surface area contributed by atoms with Crippen LogP contribution in [0.5, 0.6) is 0 Å². The zero-order chi connectivity index (χ0) is 22.7. The van der Waals surface area contributed by atoms with Crippen molar-refractivity contribution in [3.63, 3.8) is 0 Å². The van der Waals surface area contributed by atoms with Crippen LogP contribution in [0.4, 0.5) is 0 Å². The summed E-state index contributed by atoms with van der Waals surface area (Å²) in [6.45, 7) is 3.21. The monoisotopic (exact) mass is 486 g/mol. The Labute approximate surface area is 204 Å². The molecule has 1 heterocycles. The Hall–Kier alpha value is -2.04. The van der Waals surface area contributed by atoms with Crippen molar-refractivity contribution in [1.29, 1.82) is 0 Å². The average Bonchev–Trinajstić information content (AvgIpc) is 2.80. The van der Waals surface area contributed by atoms with Crippen molar-refractivity contribution in [3.05, 3.63) is 105 Å². The molecule has 0 unspecified atom stereocenters. The van der Waals surface area contributed by atoms with Gasteiger partial charge in [0.25, 0.3) is 0 Å². The number of amides is 1. The molecule has 0 radical (unpaired) electrons. The fourth-order valence-electron chi connectivity index (χ4n) is 4.40. The molecule has 3 nitrogen and oxygen atoms in total. The van der Waals surface area contributed by atoms with E-state index < -0.39 is 5.41 Å². The first kappa shape index (κ1) is 23.1. The zero-order valence-electron chi connectivity index (χ0n) is 17.9. The maximum Gasteiger partial charge on any atom is 0.224 e. The summed E-state index contributed by atoms with van der Waals surface area (Å²) >= 11 is 18.7. The van der Waals surface area contributed by atoms with Gasteiger partial charge in [0.05, 0.1) is 5.41 Å². The SMILES string of the molecule is CN1CCN(C(=O)CC(c2ccc(Cl)cc2)(c2ccc(Cl)cc2)c2ccc(Cl)cc2)CC1. The molecule has 3 aromatic rings. The molecule has 32 heavy (non-hydrogen) atoms. The van der Waals surface area contributed by atoms with Crippen molar-refractivity contribution in [2.24, 2.45) is 0 Å². The Balaban J connectivity index is 1.87. The molecule has 0 N–H and O–H groups in total. The summed E-state index contributed by atoms with van der Waals surface area (Å²) in [6, 6.07) is 23.3. The van der Waals surface area contributed by atoms with Crippen LogP contribution >= 0.6 is 34.8 Å². The minimum Gasteiger partial charge on any atom is -0.340 e. The van der Waals surface area contributed by atoms with Gasteiger partial charge in [0, 0.05) is 47.7 Å². The highest BCUT2D eigenvalue weighted by molar-refractivity contribution is 6.31. The van der Waals surface area contributed by atoms with Crippen molar-refractivity contribution in [2.75, 3.05) is 33.2 Å². The Bertz CT molecular complexity index is 947. The number of hydrogen-bond acceptors (Lipinski definition) is 2. The van der Waals surface area contributed by atoms with Crippen molar-refractivity contribution >= 4 is 40.7 Å². The Morgan fingerprint density at radius 1 is 0.688 bits per heavy atom. The first-order valence-electron chi connectivity index (χ1n) is 10.6. The predicted octanol–water partition coefficient (Wildman–Crippen LogP) is 6.15. The third-order valence-corrected chi connectivity index (χ3v) is 7.04. The van der Waals surface area contributed by atoms with Crippen molar-refractivity contribution in [3.8, 4) is 0 Å². The smallest absolute Gasteiger partial charge is 0.224 e. The lowest BCUT2D eigenvalue weighted by molar-refractivity contribution is -0.133. The van der Waals surface area contributed by atoms with E-state index in [1.165, 1.54) is 0 Å². The van der Waals surface area contributed by atoms with Gasteiger partial charge in [-0.05, 0) is 60.1 Å². The predicted molar refractivity (Wildman–Crippen MR) is 133 cm³/mol. The lowest BCUT2D eigenvalue weighted by Gasteiger charge is -2.39. The first-order chi connectivity index (χ1) is 15.4. The second-order valence-corrected chi connectivity index (χ2v) is 9.60. The van der Waals surface area contributed by atoms with E-state index in [0.29, 0.717) is 21.5 Å². The molecule has 6 heteroatoms. The number of nitrogens with zero attached hydrogens (tertiary/aromatic N) is 2. The van der Waals surface area contributed by atoms with Crippen molar-refractivity contribution < 1.29 is 4.79 Å². The van der Waals surface area contributed by atoms with E-state index in [0.717, 1.165) is 42.9 Å². The second-order valence-electron chi connectivity index (χ2n) is 8.29. The maximum atomic E-state index is 13.7. The van der Waals surface area contributed by atoms with E-state index in [9.17, 15) is 4.79 Å². The largest absolute Gasteiger partial charge is 0.340 e. The molecule has 1 amide bonds. The van der Waals surface area contributed by atoms with Gasteiger partial charge in [-0.15, -0.1) is 0 Å². The number of benzene rings is 3. The summed E-state index contributed by atoms with van der Waals surface area (Å²) in [7, 11) is 2.08. The molecule has 0 aromatic heterocycles. The molecular weight excluding hydrogens is 463 g/mol.